The van der Waals surface area contributed by atoms with E-state index in [4.69, 9.17) is 0 Å². The van der Waals surface area contributed by atoms with Crippen LogP contribution in [0.15, 0.2) is 42.6 Å². The Bertz CT molecular complexity index is 1050. The number of allylic oxidation sites excluding steroid dienone is 1. The fourth-order valence-corrected chi connectivity index (χ4v) is 4.01. The normalized spacial score (nSPS) is 18.5. The average Bonchev–Trinajstić information content (AvgIpc) is 2.77. The predicted molar refractivity (Wildman–Crippen MR) is 115 cm³/mol. The van der Waals surface area contributed by atoms with Crippen molar-refractivity contribution in [3.63, 3.8) is 0 Å². The van der Waals surface area contributed by atoms with Crippen LogP contribution in [-0.4, -0.2) is 53.8 Å². The fraction of sp³-hybridized carbons (Fsp3) is 0.348. The van der Waals surface area contributed by atoms with Crippen LogP contribution in [0.3, 0.4) is 0 Å². The molecule has 1 saturated heterocycles. The molecule has 0 unspecified atom stereocenters. The lowest BCUT2D eigenvalue weighted by Gasteiger charge is -2.40. The summed E-state index contributed by atoms with van der Waals surface area (Å²) in [6, 6.07) is 7.95. The molecule has 1 aliphatic heterocycles. The molecule has 2 heterocycles. The number of carbonyl (C=O) groups excluding carboxylic acids is 2. The van der Waals surface area contributed by atoms with E-state index in [1.807, 2.05) is 30.0 Å². The van der Waals surface area contributed by atoms with Gasteiger partial charge in [-0.25, -0.2) is 4.98 Å². The van der Waals surface area contributed by atoms with Crippen molar-refractivity contribution in [2.75, 3.05) is 36.4 Å². The number of carbonyl (C=O) groups is 2. The number of hydrogen-bond acceptors (Lipinski definition) is 5. The minimum Gasteiger partial charge on any atom is -0.376 e. The molecule has 1 aromatic heterocycles. The Kier molecular flexibility index (Phi) is 5.90. The predicted octanol–water partition coefficient (Wildman–Crippen LogP) is 3.39. The van der Waals surface area contributed by atoms with Crippen LogP contribution in [0, 0.1) is 0 Å². The summed E-state index contributed by atoms with van der Waals surface area (Å²) in [4.78, 5) is 31.9. The number of ketones is 1. The van der Waals surface area contributed by atoms with Crippen LogP contribution in [0.2, 0.25) is 0 Å². The molecule has 0 spiro atoms. The first-order valence-electron chi connectivity index (χ1n) is 10.4. The molecule has 2 aromatic rings. The standard InChI is InChI=1S/C23H23F3N4O2/c1-15-14-29(21-7-4-18(12-28-21)23(24,25)26)8-9-30(15)22(32)13-27-19-5-2-17-11-20(31)6-3-16(17)10-19/h2-7,10,12,15,27H,8-9,11,13-14H2,1H3/t15-/m1/s1. The number of benzene rings is 1. The Morgan fingerprint density at radius 1 is 1.19 bits per heavy atom. The van der Waals surface area contributed by atoms with E-state index in [2.05, 4.69) is 10.3 Å². The number of fused-ring (bicyclic) bond motifs is 1. The van der Waals surface area contributed by atoms with Gasteiger partial charge in [0, 0.05) is 44.0 Å². The Morgan fingerprint density at radius 2 is 2.00 bits per heavy atom. The zero-order chi connectivity index (χ0) is 22.9. The molecule has 1 amide bonds. The van der Waals surface area contributed by atoms with Gasteiger partial charge in [0.05, 0.1) is 12.1 Å². The first kappa shape index (κ1) is 21.9. The maximum Gasteiger partial charge on any atom is 0.417 e. The number of aromatic nitrogens is 1. The maximum atomic E-state index is 12.8. The van der Waals surface area contributed by atoms with E-state index >= 15 is 0 Å². The summed E-state index contributed by atoms with van der Waals surface area (Å²) in [6.07, 6.45) is 0.156. The highest BCUT2D eigenvalue weighted by Gasteiger charge is 2.32. The number of anilines is 2. The van der Waals surface area contributed by atoms with Gasteiger partial charge in [-0.15, -0.1) is 0 Å². The van der Waals surface area contributed by atoms with Crippen molar-refractivity contribution in [1.29, 1.82) is 0 Å². The van der Waals surface area contributed by atoms with Crippen LogP contribution in [0.25, 0.3) is 6.08 Å². The number of alkyl halides is 3. The van der Waals surface area contributed by atoms with Gasteiger partial charge in [-0.3, -0.25) is 9.59 Å². The van der Waals surface area contributed by atoms with E-state index in [0.717, 1.165) is 29.1 Å². The van der Waals surface area contributed by atoms with E-state index < -0.39 is 11.7 Å². The minimum atomic E-state index is -4.41. The third-order valence-corrected chi connectivity index (χ3v) is 5.75. The molecular formula is C23H23F3N4O2. The zero-order valence-corrected chi connectivity index (χ0v) is 17.5. The van der Waals surface area contributed by atoms with Crippen molar-refractivity contribution in [2.24, 2.45) is 0 Å². The second kappa shape index (κ2) is 8.64. The molecule has 32 heavy (non-hydrogen) atoms. The van der Waals surface area contributed by atoms with Crippen molar-refractivity contribution in [2.45, 2.75) is 25.6 Å². The molecule has 1 atom stereocenters. The highest BCUT2D eigenvalue weighted by Crippen LogP contribution is 2.29. The fourth-order valence-electron chi connectivity index (χ4n) is 4.01. The quantitative estimate of drug-likeness (QED) is 0.783. The van der Waals surface area contributed by atoms with Crippen molar-refractivity contribution in [3.8, 4) is 0 Å². The minimum absolute atomic E-state index is 0.0547. The van der Waals surface area contributed by atoms with Crippen LogP contribution in [0.4, 0.5) is 24.7 Å². The highest BCUT2D eigenvalue weighted by molar-refractivity contribution is 5.98. The molecule has 9 heteroatoms. The van der Waals surface area contributed by atoms with Crippen LogP contribution in [0.5, 0.6) is 0 Å². The van der Waals surface area contributed by atoms with Gasteiger partial charge in [0.2, 0.25) is 5.91 Å². The summed E-state index contributed by atoms with van der Waals surface area (Å²) in [6.45, 7) is 3.48. The molecule has 1 aliphatic carbocycles. The van der Waals surface area contributed by atoms with Crippen LogP contribution in [-0.2, 0) is 22.2 Å². The monoisotopic (exact) mass is 444 g/mol. The molecule has 1 N–H and O–H groups in total. The smallest absolute Gasteiger partial charge is 0.376 e. The van der Waals surface area contributed by atoms with Crippen molar-refractivity contribution in [3.05, 3.63) is 59.3 Å². The van der Waals surface area contributed by atoms with Crippen molar-refractivity contribution < 1.29 is 22.8 Å². The van der Waals surface area contributed by atoms with Crippen LogP contribution >= 0.6 is 0 Å². The summed E-state index contributed by atoms with van der Waals surface area (Å²) in [5.41, 5.74) is 1.96. The number of piperazine rings is 1. The molecule has 6 nitrogen and oxygen atoms in total. The van der Waals surface area contributed by atoms with Gasteiger partial charge in [0.15, 0.2) is 5.78 Å². The first-order valence-corrected chi connectivity index (χ1v) is 10.4. The lowest BCUT2D eigenvalue weighted by atomic mass is 9.96. The number of pyridine rings is 1. The Labute approximate surface area is 183 Å². The summed E-state index contributed by atoms with van der Waals surface area (Å²) in [5, 5.41) is 3.14. The Hall–Kier alpha value is -3.36. The van der Waals surface area contributed by atoms with Crippen molar-refractivity contribution >= 4 is 29.3 Å². The maximum absolute atomic E-state index is 12.8. The van der Waals surface area contributed by atoms with Gasteiger partial charge >= 0.3 is 6.18 Å². The van der Waals surface area contributed by atoms with E-state index in [0.29, 0.717) is 31.9 Å². The number of nitrogens with zero attached hydrogens (tertiary/aromatic N) is 3. The van der Waals surface area contributed by atoms with E-state index in [1.165, 1.54) is 6.07 Å². The van der Waals surface area contributed by atoms with E-state index in [-0.39, 0.29) is 24.3 Å². The van der Waals surface area contributed by atoms with Crippen molar-refractivity contribution in [1.82, 2.24) is 9.88 Å². The molecule has 1 aromatic carbocycles. The summed E-state index contributed by atoms with van der Waals surface area (Å²) < 4.78 is 38.2. The molecule has 0 radical (unpaired) electrons. The third kappa shape index (κ3) is 4.76. The number of halogens is 3. The number of nitrogens with one attached hydrogen (secondary N) is 1. The topological polar surface area (TPSA) is 65.5 Å². The largest absolute Gasteiger partial charge is 0.417 e. The van der Waals surface area contributed by atoms with Gasteiger partial charge in [0.1, 0.15) is 5.82 Å². The third-order valence-electron chi connectivity index (χ3n) is 5.75. The molecule has 1 fully saturated rings. The second-order valence-corrected chi connectivity index (χ2v) is 8.03. The second-order valence-electron chi connectivity index (χ2n) is 8.03. The summed E-state index contributed by atoms with van der Waals surface area (Å²) >= 11 is 0. The first-order chi connectivity index (χ1) is 15.2. The van der Waals surface area contributed by atoms with Gasteiger partial charge in [0.25, 0.3) is 0 Å². The number of rotatable bonds is 4. The van der Waals surface area contributed by atoms with Gasteiger partial charge in [-0.2, -0.15) is 13.2 Å². The summed E-state index contributed by atoms with van der Waals surface area (Å²) in [7, 11) is 0. The van der Waals surface area contributed by atoms with Crippen LogP contribution < -0.4 is 10.2 Å². The molecule has 0 bridgehead atoms. The summed E-state index contributed by atoms with van der Waals surface area (Å²) in [5.74, 6) is 0.490. The van der Waals surface area contributed by atoms with E-state index in [1.54, 1.807) is 17.1 Å². The van der Waals surface area contributed by atoms with Crippen LogP contribution in [0.1, 0.15) is 23.6 Å². The van der Waals surface area contributed by atoms with E-state index in [9.17, 15) is 22.8 Å². The zero-order valence-electron chi connectivity index (χ0n) is 17.5. The highest BCUT2D eigenvalue weighted by atomic mass is 19.4. The molecule has 4 rings (SSSR count). The SMILES string of the molecule is C[C@@H]1CN(c2ccc(C(F)(F)F)cn2)CCN1C(=O)CNc1ccc2c(c1)C=CC(=O)C2. The average molecular weight is 444 g/mol. The van der Waals surface area contributed by atoms with Gasteiger partial charge < -0.3 is 15.1 Å². The Morgan fingerprint density at radius 3 is 2.69 bits per heavy atom. The van der Waals surface area contributed by atoms with Gasteiger partial charge in [-0.05, 0) is 48.4 Å². The molecular weight excluding hydrogens is 421 g/mol. The lowest BCUT2D eigenvalue weighted by molar-refractivity contribution is -0.138. The number of amides is 1. The molecule has 168 valence electrons. The lowest BCUT2D eigenvalue weighted by Crippen LogP contribution is -2.55. The Balaban J connectivity index is 1.32. The van der Waals surface area contributed by atoms with Gasteiger partial charge in [-0.1, -0.05) is 12.1 Å². The molecule has 2 aliphatic rings. The number of hydrogen-bond donors (Lipinski definition) is 1. The molecule has 0 saturated carbocycles.